The molecule has 1 aliphatic heterocycles. The van der Waals surface area contributed by atoms with Gasteiger partial charge in [0, 0.05) is 29.6 Å². The highest BCUT2D eigenvalue weighted by Gasteiger charge is 2.05. The summed E-state index contributed by atoms with van der Waals surface area (Å²) in [6.45, 7) is 2.12. The number of aliphatic carboxylic acids is 2. The summed E-state index contributed by atoms with van der Waals surface area (Å²) >= 11 is 5.80. The number of rotatable bonds is 4. The van der Waals surface area contributed by atoms with Gasteiger partial charge in [-0.1, -0.05) is 23.7 Å². The number of hydrogen-bond acceptors (Lipinski definition) is 6. The highest BCUT2D eigenvalue weighted by molar-refractivity contribution is 6.30. The summed E-state index contributed by atoms with van der Waals surface area (Å²) in [5.74, 6) is -3.65. The minimum Gasteiger partial charge on any atom is -0.473 e. The molecule has 24 heavy (non-hydrogen) atoms. The van der Waals surface area contributed by atoms with Gasteiger partial charge in [-0.05, 0) is 24.7 Å². The van der Waals surface area contributed by atoms with E-state index in [0.717, 1.165) is 29.4 Å². The predicted octanol–water partition coefficient (Wildman–Crippen LogP) is 1.37. The Morgan fingerprint density at radius 1 is 1.33 bits per heavy atom. The van der Waals surface area contributed by atoms with Gasteiger partial charge in [-0.15, -0.1) is 0 Å². The highest BCUT2D eigenvalue weighted by atomic mass is 35.5. The number of carboxylic acids is 2. The maximum atomic E-state index is 9.10. The summed E-state index contributed by atoms with van der Waals surface area (Å²) in [4.78, 5) is 29.9. The fourth-order valence-corrected chi connectivity index (χ4v) is 1.73. The van der Waals surface area contributed by atoms with Crippen molar-refractivity contribution in [1.29, 1.82) is 0 Å². The molecule has 0 saturated heterocycles. The lowest BCUT2D eigenvalue weighted by Gasteiger charge is -2.18. The molecule has 0 spiro atoms. The summed E-state index contributed by atoms with van der Waals surface area (Å²) in [7, 11) is 2.03. The van der Waals surface area contributed by atoms with Crippen LogP contribution in [0.5, 0.6) is 0 Å². The number of nitrogens with one attached hydrogen (secondary N) is 1. The van der Waals surface area contributed by atoms with Gasteiger partial charge in [-0.3, -0.25) is 20.2 Å². The van der Waals surface area contributed by atoms with Crippen molar-refractivity contribution in [2.75, 3.05) is 20.3 Å². The van der Waals surface area contributed by atoms with Crippen LogP contribution in [0.2, 0.25) is 5.02 Å². The zero-order valence-electron chi connectivity index (χ0n) is 13.0. The first-order chi connectivity index (χ1) is 11.4. The van der Waals surface area contributed by atoms with Gasteiger partial charge >= 0.3 is 11.9 Å². The third kappa shape index (κ3) is 8.28. The second-order valence-corrected chi connectivity index (χ2v) is 5.27. The first-order valence-corrected chi connectivity index (χ1v) is 7.21. The van der Waals surface area contributed by atoms with Crippen molar-refractivity contribution in [3.8, 4) is 0 Å². The molecule has 0 fully saturated rings. The lowest BCUT2D eigenvalue weighted by Crippen LogP contribution is -2.26. The molecule has 0 aliphatic carbocycles. The Balaban J connectivity index is 0.000000413. The fourth-order valence-electron chi connectivity index (χ4n) is 1.61. The molecule has 8 nitrogen and oxygen atoms in total. The molecule has 1 aromatic carbocycles. The monoisotopic (exact) mass is 355 g/mol. The molecule has 1 heterocycles. The molecule has 130 valence electrons. The molecule has 0 saturated carbocycles. The van der Waals surface area contributed by atoms with Crippen LogP contribution in [-0.2, 0) is 21.0 Å². The molecule has 0 aromatic heterocycles. The average molecular weight is 356 g/mol. The van der Waals surface area contributed by atoms with Crippen molar-refractivity contribution in [3.63, 3.8) is 0 Å². The Bertz CT molecular complexity index is 604. The first kappa shape index (κ1) is 19.6. The maximum Gasteiger partial charge on any atom is 0.414 e. The highest BCUT2D eigenvalue weighted by Crippen LogP contribution is 2.09. The van der Waals surface area contributed by atoms with E-state index in [2.05, 4.69) is 15.4 Å². The molecule has 1 aromatic rings. The van der Waals surface area contributed by atoms with Crippen molar-refractivity contribution in [1.82, 2.24) is 10.4 Å². The molecule has 2 rings (SSSR count). The number of carbonyl (C=O) groups is 2. The summed E-state index contributed by atoms with van der Waals surface area (Å²) < 4.78 is 0. The molecule has 0 bridgehead atoms. The Morgan fingerprint density at radius 2 is 1.96 bits per heavy atom. The predicted molar refractivity (Wildman–Crippen MR) is 88.7 cm³/mol. The number of halogens is 1. The van der Waals surface area contributed by atoms with E-state index in [1.54, 1.807) is 0 Å². The average Bonchev–Trinajstić information content (AvgIpc) is 2.54. The van der Waals surface area contributed by atoms with Crippen molar-refractivity contribution >= 4 is 29.8 Å². The largest absolute Gasteiger partial charge is 0.473 e. The lowest BCUT2D eigenvalue weighted by atomic mass is 10.2. The van der Waals surface area contributed by atoms with Gasteiger partial charge < -0.3 is 10.2 Å². The second-order valence-electron chi connectivity index (χ2n) is 4.83. The quantitative estimate of drug-likeness (QED) is 0.425. The van der Waals surface area contributed by atoms with Crippen molar-refractivity contribution in [2.45, 2.75) is 6.61 Å². The smallest absolute Gasteiger partial charge is 0.414 e. The van der Waals surface area contributed by atoms with Gasteiger partial charge in [0.05, 0.1) is 13.3 Å². The van der Waals surface area contributed by atoms with Gasteiger partial charge in [-0.25, -0.2) is 9.59 Å². The molecular formula is C15H18ClN3O5. The van der Waals surface area contributed by atoms with E-state index in [1.165, 1.54) is 0 Å². The topological polar surface area (TPSA) is 111 Å². The Labute approximate surface area is 144 Å². The van der Waals surface area contributed by atoms with Crippen molar-refractivity contribution in [3.05, 3.63) is 46.6 Å². The van der Waals surface area contributed by atoms with Crippen LogP contribution in [0, 0.1) is 0 Å². The molecule has 1 aliphatic rings. The Morgan fingerprint density at radius 3 is 2.50 bits per heavy atom. The minimum atomic E-state index is -1.82. The van der Waals surface area contributed by atoms with Crippen molar-refractivity contribution in [2.24, 2.45) is 4.99 Å². The van der Waals surface area contributed by atoms with Gasteiger partial charge in [0.1, 0.15) is 0 Å². The number of benzene rings is 1. The Kier molecular flexibility index (Phi) is 8.48. The molecular weight excluding hydrogens is 338 g/mol. The van der Waals surface area contributed by atoms with Crippen LogP contribution >= 0.6 is 11.6 Å². The van der Waals surface area contributed by atoms with E-state index in [9.17, 15) is 0 Å². The number of nitrogens with zero attached hydrogens (tertiary/aromatic N) is 2. The van der Waals surface area contributed by atoms with Crippen LogP contribution in [0.25, 0.3) is 0 Å². The third-order valence-electron chi connectivity index (χ3n) is 2.70. The zero-order chi connectivity index (χ0) is 17.9. The first-order valence-electron chi connectivity index (χ1n) is 6.84. The number of hydrogen-bond donors (Lipinski definition) is 3. The number of hydroxylamine groups is 1. The third-order valence-corrected chi connectivity index (χ3v) is 2.95. The molecule has 9 heteroatoms. The summed E-state index contributed by atoms with van der Waals surface area (Å²) in [6, 6.07) is 7.57. The molecule has 0 radical (unpaired) electrons. The van der Waals surface area contributed by atoms with Crippen LogP contribution in [0.15, 0.2) is 41.0 Å². The Hall–Kier alpha value is -2.42. The molecule has 0 amide bonds. The molecule has 3 N–H and O–H groups in total. The molecule has 0 unspecified atom stereocenters. The maximum absolute atomic E-state index is 9.10. The van der Waals surface area contributed by atoms with Crippen LogP contribution in [0.3, 0.4) is 0 Å². The summed E-state index contributed by atoms with van der Waals surface area (Å²) in [5.41, 5.74) is 4.99. The number of likely N-dealkylation sites (N-methyl/N-ethyl adjacent to an activating group) is 1. The lowest BCUT2D eigenvalue weighted by molar-refractivity contribution is -0.159. The van der Waals surface area contributed by atoms with E-state index in [1.807, 2.05) is 43.7 Å². The zero-order valence-corrected chi connectivity index (χ0v) is 13.7. The number of carboxylic acid groups (broad SMARTS) is 2. The van der Waals surface area contributed by atoms with Crippen LogP contribution < -0.4 is 5.48 Å². The van der Waals surface area contributed by atoms with Crippen molar-refractivity contribution < 1.29 is 24.6 Å². The van der Waals surface area contributed by atoms with E-state index in [-0.39, 0.29) is 0 Å². The SMILES string of the molecule is CN1CN=C/C(=C\NOCc2ccc(Cl)cc2)C1.O=C(O)C(=O)O. The van der Waals surface area contributed by atoms with Crippen LogP contribution in [0.1, 0.15) is 5.56 Å². The second kappa shape index (κ2) is 10.4. The van der Waals surface area contributed by atoms with Crippen LogP contribution in [-0.4, -0.2) is 53.5 Å². The summed E-state index contributed by atoms with van der Waals surface area (Å²) in [6.07, 6.45) is 3.69. The number of aliphatic imine (C=N–C) groups is 1. The van der Waals surface area contributed by atoms with E-state index in [4.69, 9.17) is 36.2 Å². The minimum absolute atomic E-state index is 0.494. The summed E-state index contributed by atoms with van der Waals surface area (Å²) in [5, 5.41) is 15.5. The van der Waals surface area contributed by atoms with Crippen LogP contribution in [0.4, 0.5) is 0 Å². The molecule has 0 atom stereocenters. The van der Waals surface area contributed by atoms with Gasteiger partial charge in [0.25, 0.3) is 0 Å². The van der Waals surface area contributed by atoms with E-state index < -0.39 is 11.9 Å². The fraction of sp³-hybridized carbons (Fsp3) is 0.267. The standard InChI is InChI=1S/C13H16ClN3O.C2H2O4/c1-17-8-12(6-15-10-17)7-16-18-9-11-2-4-13(14)5-3-11;3-1(4)2(5)6/h2-7,16H,8-10H2,1H3;(H,3,4)(H,5,6)/b12-7+;. The van der Waals surface area contributed by atoms with Gasteiger partial charge in [0.15, 0.2) is 0 Å². The van der Waals surface area contributed by atoms with E-state index >= 15 is 0 Å². The van der Waals surface area contributed by atoms with E-state index in [0.29, 0.717) is 6.61 Å². The van der Waals surface area contributed by atoms with Gasteiger partial charge in [-0.2, -0.15) is 0 Å². The van der Waals surface area contributed by atoms with Gasteiger partial charge in [0.2, 0.25) is 0 Å². The normalized spacial score (nSPS) is 15.5.